The van der Waals surface area contributed by atoms with Gasteiger partial charge >= 0.3 is 0 Å². The van der Waals surface area contributed by atoms with Gasteiger partial charge in [0.2, 0.25) is 0 Å². The van der Waals surface area contributed by atoms with Crippen molar-refractivity contribution in [1.29, 1.82) is 0 Å². The number of likely N-dealkylation sites (tertiary alicyclic amines) is 1. The SMILES string of the molecule is CC(C)(C)c1cc(C(=O)CN2CC/C(=C\c3ccccc3)C2=NCl)cc(C(C)(C)C)c1O. The van der Waals surface area contributed by atoms with E-state index in [9.17, 15) is 9.90 Å². The Morgan fingerprint density at radius 2 is 1.62 bits per heavy atom. The van der Waals surface area contributed by atoms with Crippen molar-refractivity contribution >= 4 is 29.5 Å². The van der Waals surface area contributed by atoms with Crippen molar-refractivity contribution in [3.8, 4) is 5.75 Å². The highest BCUT2D eigenvalue weighted by Crippen LogP contribution is 2.40. The molecule has 0 bridgehead atoms. The van der Waals surface area contributed by atoms with E-state index in [0.717, 1.165) is 28.7 Å². The molecule has 0 radical (unpaired) electrons. The van der Waals surface area contributed by atoms with Crippen molar-refractivity contribution in [3.05, 3.63) is 70.3 Å². The van der Waals surface area contributed by atoms with Crippen molar-refractivity contribution in [2.45, 2.75) is 58.8 Å². The van der Waals surface area contributed by atoms with Gasteiger partial charge in [0.15, 0.2) is 5.78 Å². The second-order valence-electron chi connectivity index (χ2n) is 10.5. The molecule has 0 amide bonds. The van der Waals surface area contributed by atoms with Gasteiger partial charge in [0.05, 0.1) is 6.54 Å². The summed E-state index contributed by atoms with van der Waals surface area (Å²) in [5.41, 5.74) is 3.69. The molecule has 1 aliphatic heterocycles. The van der Waals surface area contributed by atoms with Crippen LogP contribution in [-0.2, 0) is 10.8 Å². The smallest absolute Gasteiger partial charge is 0.182 e. The number of rotatable bonds is 4. The molecule has 0 aliphatic carbocycles. The highest BCUT2D eigenvalue weighted by Gasteiger charge is 2.30. The number of amidine groups is 1. The zero-order valence-electron chi connectivity index (χ0n) is 19.9. The number of benzene rings is 2. The average Bonchev–Trinajstić information content (AvgIpc) is 3.08. The van der Waals surface area contributed by atoms with E-state index in [0.29, 0.717) is 17.9 Å². The second-order valence-corrected chi connectivity index (χ2v) is 10.7. The minimum Gasteiger partial charge on any atom is -0.507 e. The van der Waals surface area contributed by atoms with Crippen LogP contribution in [0.5, 0.6) is 5.75 Å². The summed E-state index contributed by atoms with van der Waals surface area (Å²) in [6.45, 7) is 13.1. The molecule has 0 aromatic heterocycles. The van der Waals surface area contributed by atoms with Crippen molar-refractivity contribution in [3.63, 3.8) is 0 Å². The molecule has 1 N–H and O–H groups in total. The minimum absolute atomic E-state index is 0.0141. The van der Waals surface area contributed by atoms with Crippen LogP contribution in [0.1, 0.15) is 75.0 Å². The van der Waals surface area contributed by atoms with Gasteiger partial charge in [-0.15, -0.1) is 0 Å². The normalized spacial score (nSPS) is 17.4. The summed E-state index contributed by atoms with van der Waals surface area (Å²) in [5.74, 6) is 0.910. The summed E-state index contributed by atoms with van der Waals surface area (Å²) < 4.78 is 3.98. The van der Waals surface area contributed by atoms with Crippen LogP contribution in [0, 0.1) is 0 Å². The number of hydrogen-bond acceptors (Lipinski definition) is 3. The number of Topliss-reactive ketones (excluding diaryl/α,β-unsaturated/α-hetero) is 1. The monoisotopic (exact) mass is 452 g/mol. The van der Waals surface area contributed by atoms with E-state index in [2.05, 4.69) is 10.6 Å². The Balaban J connectivity index is 1.91. The van der Waals surface area contributed by atoms with Gasteiger partial charge in [0.1, 0.15) is 11.6 Å². The van der Waals surface area contributed by atoms with E-state index in [4.69, 9.17) is 11.8 Å². The first-order chi connectivity index (χ1) is 14.9. The van der Waals surface area contributed by atoms with Gasteiger partial charge in [-0.1, -0.05) is 71.9 Å². The first-order valence-electron chi connectivity index (χ1n) is 11.0. The van der Waals surface area contributed by atoms with Gasteiger partial charge in [-0.25, -0.2) is 0 Å². The van der Waals surface area contributed by atoms with Gasteiger partial charge in [-0.05, 0) is 46.6 Å². The van der Waals surface area contributed by atoms with Crippen LogP contribution in [0.2, 0.25) is 0 Å². The fourth-order valence-corrected chi connectivity index (χ4v) is 4.24. The molecule has 32 heavy (non-hydrogen) atoms. The van der Waals surface area contributed by atoms with E-state index in [1.165, 1.54) is 0 Å². The molecule has 3 rings (SSSR count). The first kappa shape index (κ1) is 24.1. The Labute approximate surface area is 196 Å². The third-order valence-electron chi connectivity index (χ3n) is 5.84. The molecule has 4 nitrogen and oxygen atoms in total. The van der Waals surface area contributed by atoms with Crippen LogP contribution in [-0.4, -0.2) is 34.7 Å². The summed E-state index contributed by atoms with van der Waals surface area (Å²) >= 11 is 5.94. The molecule has 2 aromatic carbocycles. The van der Waals surface area contributed by atoms with Gasteiger partial charge in [0, 0.05) is 35.0 Å². The number of hydrogen-bond donors (Lipinski definition) is 1. The molecule has 5 heteroatoms. The molecule has 2 aromatic rings. The Bertz CT molecular complexity index is 1020. The molecule has 0 unspecified atom stereocenters. The number of phenolic OH excluding ortho intramolecular Hbond substituents is 1. The maximum atomic E-state index is 13.4. The van der Waals surface area contributed by atoms with Crippen molar-refractivity contribution < 1.29 is 9.90 Å². The van der Waals surface area contributed by atoms with Crippen LogP contribution < -0.4 is 0 Å². The molecular formula is C27H33ClN2O2. The summed E-state index contributed by atoms with van der Waals surface area (Å²) in [6.07, 6.45) is 2.85. The highest BCUT2D eigenvalue weighted by atomic mass is 35.5. The molecule has 0 spiro atoms. The van der Waals surface area contributed by atoms with E-state index in [1.54, 1.807) is 0 Å². The molecular weight excluding hydrogens is 420 g/mol. The van der Waals surface area contributed by atoms with E-state index >= 15 is 0 Å². The van der Waals surface area contributed by atoms with Gasteiger partial charge in [-0.2, -0.15) is 4.51 Å². The minimum atomic E-state index is -0.289. The molecule has 1 fully saturated rings. The van der Waals surface area contributed by atoms with Crippen LogP contribution in [0.4, 0.5) is 0 Å². The van der Waals surface area contributed by atoms with Gasteiger partial charge < -0.3 is 10.0 Å². The predicted molar refractivity (Wildman–Crippen MR) is 134 cm³/mol. The fraction of sp³-hybridized carbons (Fsp3) is 0.407. The largest absolute Gasteiger partial charge is 0.507 e. The number of phenols is 1. The fourth-order valence-electron chi connectivity index (χ4n) is 4.03. The average molecular weight is 453 g/mol. The maximum Gasteiger partial charge on any atom is 0.182 e. The zero-order chi connectivity index (χ0) is 23.7. The summed E-state index contributed by atoms with van der Waals surface area (Å²) in [5, 5.41) is 10.9. The lowest BCUT2D eigenvalue weighted by atomic mass is 9.78. The Hall–Kier alpha value is -2.59. The van der Waals surface area contributed by atoms with Crippen LogP contribution in [0.25, 0.3) is 6.08 Å². The highest BCUT2D eigenvalue weighted by molar-refractivity contribution is 6.23. The zero-order valence-corrected chi connectivity index (χ0v) is 20.6. The van der Waals surface area contributed by atoms with E-state index in [-0.39, 0.29) is 28.9 Å². The number of aromatic hydroxyl groups is 1. The second kappa shape index (κ2) is 9.11. The van der Waals surface area contributed by atoms with Crippen molar-refractivity contribution in [2.75, 3.05) is 13.1 Å². The molecule has 0 saturated carbocycles. The van der Waals surface area contributed by atoms with E-state index < -0.39 is 0 Å². The summed E-state index contributed by atoms with van der Waals surface area (Å²) in [6, 6.07) is 13.7. The lowest BCUT2D eigenvalue weighted by molar-refractivity contribution is 0.0966. The summed E-state index contributed by atoms with van der Waals surface area (Å²) in [7, 11) is 0. The maximum absolute atomic E-state index is 13.4. The quantitative estimate of drug-likeness (QED) is 0.538. The number of nitrogens with zero attached hydrogens (tertiary/aromatic N) is 2. The number of halogens is 1. The molecule has 1 saturated heterocycles. The van der Waals surface area contributed by atoms with Crippen LogP contribution in [0.15, 0.2) is 52.5 Å². The van der Waals surface area contributed by atoms with Crippen molar-refractivity contribution in [1.82, 2.24) is 4.90 Å². The number of ketones is 1. The molecule has 170 valence electrons. The first-order valence-corrected chi connectivity index (χ1v) is 11.4. The van der Waals surface area contributed by atoms with Crippen LogP contribution >= 0.6 is 11.8 Å². The third kappa shape index (κ3) is 5.24. The van der Waals surface area contributed by atoms with Gasteiger partial charge in [0.25, 0.3) is 0 Å². The van der Waals surface area contributed by atoms with Crippen LogP contribution in [0.3, 0.4) is 0 Å². The Kier molecular flexibility index (Phi) is 6.85. The Morgan fingerprint density at radius 1 is 1.06 bits per heavy atom. The third-order valence-corrected chi connectivity index (χ3v) is 6.00. The molecule has 1 aliphatic rings. The Morgan fingerprint density at radius 3 is 2.12 bits per heavy atom. The standard InChI is InChI=1S/C27H33ClN2O2/c1-26(2,3)21-15-20(16-22(24(21)32)27(4,5)6)23(31)17-30-13-12-19(25(30)29-28)14-18-10-8-7-9-11-18/h7-11,14-16,32H,12-13,17H2,1-6H3/b19-14+,29-25?. The predicted octanol–water partition coefficient (Wildman–Crippen LogP) is 6.51. The van der Waals surface area contributed by atoms with Gasteiger partial charge in [-0.3, -0.25) is 4.79 Å². The van der Waals surface area contributed by atoms with Crippen molar-refractivity contribution in [2.24, 2.45) is 4.51 Å². The lowest BCUT2D eigenvalue weighted by Crippen LogP contribution is -2.31. The lowest BCUT2D eigenvalue weighted by Gasteiger charge is -2.28. The summed E-state index contributed by atoms with van der Waals surface area (Å²) in [4.78, 5) is 15.3. The topological polar surface area (TPSA) is 52.9 Å². The number of carbonyl (C=O) groups excluding carboxylic acids is 1. The number of carbonyl (C=O) groups is 1. The molecule has 0 atom stereocenters. The molecule has 1 heterocycles. The van der Waals surface area contributed by atoms with E-state index in [1.807, 2.05) is 88.9 Å².